The van der Waals surface area contributed by atoms with E-state index in [1.54, 1.807) is 0 Å². The molecule has 0 radical (unpaired) electrons. The molecule has 0 spiro atoms. The Hall–Kier alpha value is -2.61. The molecule has 0 aliphatic heterocycles. The van der Waals surface area contributed by atoms with Crippen LogP contribution in [0.15, 0.2) is 65.1 Å². The molecular weight excluding hydrogens is 349 g/mol. The van der Waals surface area contributed by atoms with Gasteiger partial charge in [-0.25, -0.2) is 4.99 Å². The van der Waals surface area contributed by atoms with E-state index in [0.717, 1.165) is 40.6 Å². The molecule has 26 heavy (non-hydrogen) atoms. The van der Waals surface area contributed by atoms with Crippen molar-refractivity contribution < 1.29 is 31.8 Å². The van der Waals surface area contributed by atoms with Gasteiger partial charge in [0.25, 0.3) is 0 Å². The first-order valence-electron chi connectivity index (χ1n) is 8.02. The predicted octanol–water partition coefficient (Wildman–Crippen LogP) is 2.76. The number of rotatable bonds is 4. The molecule has 0 atom stereocenters. The summed E-state index contributed by atoms with van der Waals surface area (Å²) >= 11 is 0. The summed E-state index contributed by atoms with van der Waals surface area (Å²) in [5.41, 5.74) is 1.90. The van der Waals surface area contributed by atoms with Crippen molar-refractivity contribution in [2.75, 3.05) is 13.2 Å². The number of nitrogens with one attached hydrogen (secondary N) is 1. The minimum absolute atomic E-state index is 0.188. The second-order valence-electron chi connectivity index (χ2n) is 5.39. The zero-order valence-corrected chi connectivity index (χ0v) is 13.8. The Balaban J connectivity index is 0.000000431. The summed E-state index contributed by atoms with van der Waals surface area (Å²) in [7, 11) is -6.00. The van der Waals surface area contributed by atoms with Crippen LogP contribution < -0.4 is 10.3 Å². The van der Waals surface area contributed by atoms with E-state index in [-0.39, 0.29) is 6.61 Å². The Bertz CT molecular complexity index is 889. The van der Waals surface area contributed by atoms with Gasteiger partial charge in [-0.3, -0.25) is 0 Å². The highest BCUT2D eigenvalue weighted by atomic mass is 19.5. The summed E-state index contributed by atoms with van der Waals surface area (Å²) in [5.74, 6) is 0.834. The smallest absolute Gasteiger partial charge is 0.456 e. The van der Waals surface area contributed by atoms with Crippen LogP contribution in [0.1, 0.15) is 6.42 Å². The van der Waals surface area contributed by atoms with Gasteiger partial charge in [0, 0.05) is 18.6 Å². The van der Waals surface area contributed by atoms with Crippen LogP contribution in [0.2, 0.25) is 0 Å². The van der Waals surface area contributed by atoms with Crippen LogP contribution in [0.3, 0.4) is 0 Å². The Morgan fingerprint density at radius 3 is 2.19 bits per heavy atom. The second kappa shape index (κ2) is 9.19. The van der Waals surface area contributed by atoms with Gasteiger partial charge in [-0.2, -0.15) is 0 Å². The molecule has 0 saturated carbocycles. The summed E-state index contributed by atoms with van der Waals surface area (Å²) < 4.78 is 45.0. The van der Waals surface area contributed by atoms with Gasteiger partial charge in [0.05, 0.1) is 11.5 Å². The third-order valence-corrected chi connectivity index (χ3v) is 3.38. The largest absolute Gasteiger partial charge is 0.673 e. The molecule has 0 aliphatic carbocycles. The van der Waals surface area contributed by atoms with Gasteiger partial charge in [0.2, 0.25) is 5.36 Å². The first-order chi connectivity index (χ1) is 12.4. The normalized spacial score (nSPS) is 12.0. The van der Waals surface area contributed by atoms with Crippen molar-refractivity contribution in [3.8, 4) is 11.3 Å². The van der Waals surface area contributed by atoms with Crippen molar-refractivity contribution in [2.45, 2.75) is 6.42 Å². The van der Waals surface area contributed by atoms with E-state index in [9.17, 15) is 17.3 Å². The van der Waals surface area contributed by atoms with Crippen molar-refractivity contribution in [2.24, 2.45) is 0 Å². The summed E-state index contributed by atoms with van der Waals surface area (Å²) in [6.07, 6.45) is 0.723. The fourth-order valence-corrected chi connectivity index (χ4v) is 2.33. The summed E-state index contributed by atoms with van der Waals surface area (Å²) in [6.45, 7) is 0.923. The molecule has 2 N–H and O–H groups in total. The van der Waals surface area contributed by atoms with E-state index in [1.165, 1.54) is 0 Å². The van der Waals surface area contributed by atoms with Crippen LogP contribution in [-0.2, 0) is 0 Å². The van der Waals surface area contributed by atoms with Gasteiger partial charge < -0.3 is 26.8 Å². The average Bonchev–Trinajstić information content (AvgIpc) is 2.61. The lowest BCUT2D eigenvalue weighted by Gasteiger charge is -2.02. The summed E-state index contributed by atoms with van der Waals surface area (Å²) in [4.78, 5) is 3.38. The first kappa shape index (κ1) is 19.7. The Labute approximate surface area is 147 Å². The lowest BCUT2D eigenvalue weighted by molar-refractivity contribution is -0.500. The third kappa shape index (κ3) is 6.36. The maximum absolute atomic E-state index is 9.75. The van der Waals surface area contributed by atoms with Crippen LogP contribution in [0, 0.1) is 0 Å². The molecule has 3 nitrogen and oxygen atoms in total. The summed E-state index contributed by atoms with van der Waals surface area (Å²) in [6, 6.07) is 20.1. The topological polar surface area (TPSA) is 47.3 Å². The first-order valence-corrected chi connectivity index (χ1v) is 8.02. The van der Waals surface area contributed by atoms with E-state index < -0.39 is 7.25 Å². The fraction of sp³-hybridized carbons (Fsp3) is 0.167. The average molecular weight is 367 g/mol. The molecule has 138 valence electrons. The molecule has 0 saturated heterocycles. The van der Waals surface area contributed by atoms with Gasteiger partial charge in [0.1, 0.15) is 17.9 Å². The number of para-hydroxylation sites is 1. The molecule has 1 aromatic heterocycles. The van der Waals surface area contributed by atoms with E-state index in [1.807, 2.05) is 60.7 Å². The number of hydrogen-bond donors (Lipinski definition) is 2. The van der Waals surface area contributed by atoms with Crippen LogP contribution >= 0.6 is 0 Å². The van der Waals surface area contributed by atoms with Crippen LogP contribution in [-0.4, -0.2) is 25.5 Å². The molecule has 2 aromatic carbocycles. The van der Waals surface area contributed by atoms with Gasteiger partial charge in [-0.1, -0.05) is 42.5 Å². The number of benzene rings is 2. The number of aliphatic hydroxyl groups is 1. The molecule has 0 bridgehead atoms. The van der Waals surface area contributed by atoms with Crippen molar-refractivity contribution in [3.63, 3.8) is 0 Å². The second-order valence-corrected chi connectivity index (χ2v) is 5.39. The standard InChI is InChI=1S/C18H17NO2.BF4/c20-12-6-11-19-16-13-18(14-7-2-1-3-8-14)21-17-10-5-4-9-15(16)17;2-1(3,4)5/h1-5,7-10,13,20H,6,11-12H2;/q;-1/p+1. The fourth-order valence-electron chi connectivity index (χ4n) is 2.33. The number of fused-ring (bicyclic) bond motifs is 1. The lowest BCUT2D eigenvalue weighted by Crippen LogP contribution is -2.76. The van der Waals surface area contributed by atoms with Gasteiger partial charge in [-0.15, -0.1) is 0 Å². The van der Waals surface area contributed by atoms with E-state index >= 15 is 0 Å². The van der Waals surface area contributed by atoms with E-state index in [2.05, 4.69) is 4.99 Å². The highest BCUT2D eigenvalue weighted by molar-refractivity contribution is 6.50. The molecule has 0 fully saturated rings. The Kier molecular flexibility index (Phi) is 6.97. The van der Waals surface area contributed by atoms with Gasteiger partial charge in [-0.05, 0) is 12.1 Å². The minimum Gasteiger partial charge on any atom is -0.456 e. The SMILES string of the molecule is F[B-](F)(F)F.OCCC[NH+]=c1cc(-c2ccccc2)oc2ccccc12. The number of aliphatic hydroxyl groups excluding tert-OH is 1. The molecule has 1 heterocycles. The molecule has 0 unspecified atom stereocenters. The lowest BCUT2D eigenvalue weighted by atomic mass is 10.1. The molecule has 0 amide bonds. The highest BCUT2D eigenvalue weighted by Gasteiger charge is 2.20. The zero-order chi connectivity index (χ0) is 19.0. The van der Waals surface area contributed by atoms with Crippen LogP contribution in [0.25, 0.3) is 22.3 Å². The van der Waals surface area contributed by atoms with Crippen molar-refractivity contribution in [1.29, 1.82) is 0 Å². The van der Waals surface area contributed by atoms with Crippen molar-refractivity contribution in [1.82, 2.24) is 0 Å². The summed E-state index contributed by atoms with van der Waals surface area (Å²) in [5, 5.41) is 11.0. The molecule has 3 aromatic rings. The predicted molar refractivity (Wildman–Crippen MR) is 92.5 cm³/mol. The van der Waals surface area contributed by atoms with E-state index in [4.69, 9.17) is 9.52 Å². The molecule has 8 heteroatoms. The van der Waals surface area contributed by atoms with Crippen LogP contribution in [0.5, 0.6) is 0 Å². The van der Waals surface area contributed by atoms with Gasteiger partial charge >= 0.3 is 7.25 Å². The number of hydrogen-bond acceptors (Lipinski definition) is 2. The number of halogens is 4. The Morgan fingerprint density at radius 1 is 0.923 bits per heavy atom. The van der Waals surface area contributed by atoms with Crippen molar-refractivity contribution in [3.05, 3.63) is 66.0 Å². The molecule has 0 aliphatic rings. The zero-order valence-electron chi connectivity index (χ0n) is 13.8. The highest BCUT2D eigenvalue weighted by Crippen LogP contribution is 2.21. The minimum atomic E-state index is -6.00. The molecular formula is C18H18BF4NO2. The quantitative estimate of drug-likeness (QED) is 0.423. The van der Waals surface area contributed by atoms with Crippen molar-refractivity contribution >= 4 is 18.2 Å². The molecule has 3 rings (SSSR count). The van der Waals surface area contributed by atoms with Crippen LogP contribution in [0.4, 0.5) is 17.3 Å². The Morgan fingerprint density at radius 2 is 1.54 bits per heavy atom. The third-order valence-electron chi connectivity index (χ3n) is 3.38. The monoisotopic (exact) mass is 367 g/mol. The maximum atomic E-state index is 9.75. The maximum Gasteiger partial charge on any atom is 0.673 e. The van der Waals surface area contributed by atoms with E-state index in [0.29, 0.717) is 0 Å². The van der Waals surface area contributed by atoms with Gasteiger partial charge in [0.15, 0.2) is 0 Å².